The van der Waals surface area contributed by atoms with Gasteiger partial charge in [-0.05, 0) is 13.3 Å². The van der Waals surface area contributed by atoms with E-state index < -0.39 is 0 Å². The van der Waals surface area contributed by atoms with Crippen molar-refractivity contribution in [3.8, 4) is 0 Å². The molecule has 0 amide bonds. The van der Waals surface area contributed by atoms with Gasteiger partial charge in [-0.25, -0.2) is 0 Å². The SMILES string of the molecule is C=C(C)C(CSC(C)CC)NN. The van der Waals surface area contributed by atoms with Gasteiger partial charge in [-0.15, -0.1) is 0 Å². The van der Waals surface area contributed by atoms with Crippen LogP contribution in [0.5, 0.6) is 0 Å². The molecule has 0 spiro atoms. The molecule has 0 aliphatic carbocycles. The molecule has 0 fully saturated rings. The average molecular weight is 188 g/mol. The van der Waals surface area contributed by atoms with E-state index in [1.165, 1.54) is 6.42 Å². The van der Waals surface area contributed by atoms with Crippen molar-refractivity contribution in [2.45, 2.75) is 38.5 Å². The maximum Gasteiger partial charge on any atom is 0.0505 e. The summed E-state index contributed by atoms with van der Waals surface area (Å²) in [6.07, 6.45) is 1.21. The Kier molecular flexibility index (Phi) is 6.52. The smallest absolute Gasteiger partial charge is 0.0505 e. The molecular formula is C9H20N2S. The van der Waals surface area contributed by atoms with Crippen molar-refractivity contribution in [3.05, 3.63) is 12.2 Å². The Hall–Kier alpha value is 0.01000. The molecule has 0 saturated heterocycles. The topological polar surface area (TPSA) is 38.0 Å². The summed E-state index contributed by atoms with van der Waals surface area (Å²) in [4.78, 5) is 0. The maximum atomic E-state index is 5.38. The lowest BCUT2D eigenvalue weighted by atomic mass is 10.2. The van der Waals surface area contributed by atoms with Crippen molar-refractivity contribution >= 4 is 11.8 Å². The normalized spacial score (nSPS) is 15.7. The zero-order chi connectivity index (χ0) is 9.56. The van der Waals surface area contributed by atoms with Crippen LogP contribution in [-0.2, 0) is 0 Å². The van der Waals surface area contributed by atoms with Crippen LogP contribution in [0, 0.1) is 0 Å². The van der Waals surface area contributed by atoms with Gasteiger partial charge in [0.2, 0.25) is 0 Å². The van der Waals surface area contributed by atoms with Crippen LogP contribution in [0.15, 0.2) is 12.2 Å². The number of nitrogens with one attached hydrogen (secondary N) is 1. The summed E-state index contributed by atoms with van der Waals surface area (Å²) >= 11 is 1.93. The number of hydrogen-bond acceptors (Lipinski definition) is 3. The van der Waals surface area contributed by atoms with Crippen molar-refractivity contribution in [2.24, 2.45) is 5.84 Å². The van der Waals surface area contributed by atoms with Gasteiger partial charge in [0.05, 0.1) is 6.04 Å². The van der Waals surface area contributed by atoms with Crippen LogP contribution in [0.25, 0.3) is 0 Å². The van der Waals surface area contributed by atoms with Crippen molar-refractivity contribution in [1.29, 1.82) is 0 Å². The quantitative estimate of drug-likeness (QED) is 0.380. The lowest BCUT2D eigenvalue weighted by Gasteiger charge is -2.17. The minimum absolute atomic E-state index is 0.254. The summed E-state index contributed by atoms with van der Waals surface area (Å²) in [5.74, 6) is 6.39. The first kappa shape index (κ1) is 12.0. The standard InChI is InChI=1S/C9H20N2S/c1-5-8(4)12-6-9(11-10)7(2)3/h8-9,11H,2,5-6,10H2,1,3-4H3. The van der Waals surface area contributed by atoms with Gasteiger partial charge in [0.15, 0.2) is 0 Å². The number of rotatable bonds is 6. The van der Waals surface area contributed by atoms with Crippen molar-refractivity contribution in [1.82, 2.24) is 5.43 Å². The largest absolute Gasteiger partial charge is 0.271 e. The Balaban J connectivity index is 3.65. The summed E-state index contributed by atoms with van der Waals surface area (Å²) in [6, 6.07) is 0.254. The summed E-state index contributed by atoms with van der Waals surface area (Å²) in [5.41, 5.74) is 3.87. The first-order chi connectivity index (χ1) is 5.61. The van der Waals surface area contributed by atoms with E-state index in [0.717, 1.165) is 11.3 Å². The van der Waals surface area contributed by atoms with Crippen molar-refractivity contribution in [2.75, 3.05) is 5.75 Å². The highest BCUT2D eigenvalue weighted by atomic mass is 32.2. The van der Waals surface area contributed by atoms with Crippen molar-refractivity contribution in [3.63, 3.8) is 0 Å². The zero-order valence-electron chi connectivity index (χ0n) is 8.26. The molecule has 0 aromatic rings. The fourth-order valence-electron chi connectivity index (χ4n) is 0.711. The fourth-order valence-corrected chi connectivity index (χ4v) is 1.85. The first-order valence-electron chi connectivity index (χ1n) is 4.34. The van der Waals surface area contributed by atoms with Gasteiger partial charge in [-0.3, -0.25) is 11.3 Å². The molecule has 2 nitrogen and oxygen atoms in total. The Labute approximate surface area is 80.0 Å². The number of hydrazine groups is 1. The van der Waals surface area contributed by atoms with Gasteiger partial charge < -0.3 is 0 Å². The zero-order valence-corrected chi connectivity index (χ0v) is 9.08. The molecule has 0 aromatic carbocycles. The molecule has 72 valence electrons. The molecule has 0 aliphatic rings. The second kappa shape index (κ2) is 6.52. The van der Waals surface area contributed by atoms with Gasteiger partial charge in [0.1, 0.15) is 0 Å². The number of hydrogen-bond donors (Lipinski definition) is 2. The van der Waals surface area contributed by atoms with E-state index in [4.69, 9.17) is 5.84 Å². The molecule has 0 radical (unpaired) electrons. The van der Waals surface area contributed by atoms with Crippen molar-refractivity contribution < 1.29 is 0 Å². The minimum Gasteiger partial charge on any atom is -0.271 e. The van der Waals surface area contributed by atoms with Gasteiger partial charge in [0, 0.05) is 11.0 Å². The monoisotopic (exact) mass is 188 g/mol. The third-order valence-corrected chi connectivity index (χ3v) is 3.35. The highest BCUT2D eigenvalue weighted by Crippen LogP contribution is 2.16. The van der Waals surface area contributed by atoms with Gasteiger partial charge in [-0.2, -0.15) is 11.8 Å². The Morgan fingerprint density at radius 3 is 2.58 bits per heavy atom. The van der Waals surface area contributed by atoms with Gasteiger partial charge in [0.25, 0.3) is 0 Å². The molecule has 0 saturated carbocycles. The molecule has 12 heavy (non-hydrogen) atoms. The highest BCUT2D eigenvalue weighted by Gasteiger charge is 2.08. The third-order valence-electron chi connectivity index (χ3n) is 1.92. The molecule has 0 aliphatic heterocycles. The number of nitrogens with two attached hydrogens (primary N) is 1. The lowest BCUT2D eigenvalue weighted by Crippen LogP contribution is -2.37. The first-order valence-corrected chi connectivity index (χ1v) is 5.39. The molecule has 2 unspecified atom stereocenters. The Morgan fingerprint density at radius 1 is 1.67 bits per heavy atom. The molecule has 0 heterocycles. The predicted molar refractivity (Wildman–Crippen MR) is 58.1 cm³/mol. The van der Waals surface area contributed by atoms with Crippen LogP contribution in [0.1, 0.15) is 27.2 Å². The van der Waals surface area contributed by atoms with Crippen LogP contribution in [0.3, 0.4) is 0 Å². The molecular weight excluding hydrogens is 168 g/mol. The third kappa shape index (κ3) is 4.80. The van der Waals surface area contributed by atoms with Gasteiger partial charge >= 0.3 is 0 Å². The van der Waals surface area contributed by atoms with Crippen LogP contribution >= 0.6 is 11.8 Å². The van der Waals surface area contributed by atoms with Crippen LogP contribution in [0.4, 0.5) is 0 Å². The highest BCUT2D eigenvalue weighted by molar-refractivity contribution is 7.99. The second-order valence-corrected chi connectivity index (χ2v) is 4.59. The summed E-state index contributed by atoms with van der Waals surface area (Å²) in [5, 5.41) is 0.709. The average Bonchev–Trinajstić information content (AvgIpc) is 2.04. The fraction of sp³-hybridized carbons (Fsp3) is 0.778. The molecule has 2 atom stereocenters. The van der Waals surface area contributed by atoms with E-state index in [1.54, 1.807) is 0 Å². The predicted octanol–water partition coefficient (Wildman–Crippen LogP) is 1.93. The van der Waals surface area contributed by atoms with Gasteiger partial charge in [-0.1, -0.05) is 26.0 Å². The minimum atomic E-state index is 0.254. The Bertz CT molecular complexity index is 136. The number of thioether (sulfide) groups is 1. The Morgan fingerprint density at radius 2 is 2.25 bits per heavy atom. The maximum absolute atomic E-state index is 5.38. The van der Waals surface area contributed by atoms with E-state index in [1.807, 2.05) is 18.7 Å². The van der Waals surface area contributed by atoms with E-state index in [-0.39, 0.29) is 6.04 Å². The van der Waals surface area contributed by atoms with Crippen LogP contribution in [0.2, 0.25) is 0 Å². The summed E-state index contributed by atoms with van der Waals surface area (Å²) in [7, 11) is 0. The molecule has 0 bridgehead atoms. The second-order valence-electron chi connectivity index (χ2n) is 3.12. The summed E-state index contributed by atoms with van der Waals surface area (Å²) < 4.78 is 0. The molecule has 0 rings (SSSR count). The lowest BCUT2D eigenvalue weighted by molar-refractivity contribution is 0.647. The molecule has 3 heteroatoms. The van der Waals surface area contributed by atoms with E-state index in [2.05, 4.69) is 25.9 Å². The van der Waals surface area contributed by atoms with E-state index >= 15 is 0 Å². The van der Waals surface area contributed by atoms with Crippen LogP contribution < -0.4 is 11.3 Å². The van der Waals surface area contributed by atoms with Crippen LogP contribution in [-0.4, -0.2) is 17.0 Å². The summed E-state index contributed by atoms with van der Waals surface area (Å²) in [6.45, 7) is 10.3. The molecule has 0 aromatic heterocycles. The van der Waals surface area contributed by atoms with E-state index in [0.29, 0.717) is 5.25 Å². The molecule has 3 N–H and O–H groups in total. The van der Waals surface area contributed by atoms with E-state index in [9.17, 15) is 0 Å².